The molecule has 0 aromatic heterocycles. The molecule has 0 spiro atoms. The first kappa shape index (κ1) is 21.9. The van der Waals surface area contributed by atoms with Gasteiger partial charge in [-0.25, -0.2) is 0 Å². The normalized spacial score (nSPS) is 43.9. The molecule has 4 nitrogen and oxygen atoms in total. The molecule has 4 aliphatic carbocycles. The Kier molecular flexibility index (Phi) is 5.38. The summed E-state index contributed by atoms with van der Waals surface area (Å²) in [7, 11) is 0. The maximum absolute atomic E-state index is 11.6. The smallest absolute Gasteiger partial charge is 0.302 e. The van der Waals surface area contributed by atoms with E-state index in [1.165, 1.54) is 39.5 Å². The summed E-state index contributed by atoms with van der Waals surface area (Å²) in [6.45, 7) is 12.5. The SMILES string of the molecule is CC(=O)O[C@@H]1CC[C@]2(C)[C@@H]3CCC4=C(CC[C@@]4(C)[C@H](C)OC(C)=O)[C@H]3CC[C@@]2(C)C1. The number of fused-ring (bicyclic) bond motifs is 4. The van der Waals surface area contributed by atoms with Gasteiger partial charge in [-0.05, 0) is 87.4 Å². The van der Waals surface area contributed by atoms with Crippen LogP contribution in [0.3, 0.4) is 0 Å². The molecule has 0 bridgehead atoms. The topological polar surface area (TPSA) is 52.6 Å². The zero-order chi connectivity index (χ0) is 21.9. The molecule has 168 valence electrons. The summed E-state index contributed by atoms with van der Waals surface area (Å²) in [4.78, 5) is 23.1. The Morgan fingerprint density at radius 1 is 0.967 bits per heavy atom. The van der Waals surface area contributed by atoms with E-state index in [0.717, 1.165) is 38.0 Å². The van der Waals surface area contributed by atoms with E-state index in [0.29, 0.717) is 11.3 Å². The molecule has 0 heterocycles. The summed E-state index contributed by atoms with van der Waals surface area (Å²) in [6, 6.07) is 0. The molecule has 0 radical (unpaired) electrons. The lowest BCUT2D eigenvalue weighted by Gasteiger charge is -2.62. The van der Waals surface area contributed by atoms with Crippen molar-refractivity contribution in [1.82, 2.24) is 0 Å². The highest BCUT2D eigenvalue weighted by Gasteiger charge is 2.60. The van der Waals surface area contributed by atoms with Gasteiger partial charge in [-0.1, -0.05) is 31.9 Å². The molecule has 0 amide bonds. The zero-order valence-electron chi connectivity index (χ0n) is 19.8. The van der Waals surface area contributed by atoms with Gasteiger partial charge in [0.2, 0.25) is 0 Å². The maximum atomic E-state index is 11.6. The number of hydrogen-bond donors (Lipinski definition) is 0. The second-order valence-corrected chi connectivity index (χ2v) is 11.4. The van der Waals surface area contributed by atoms with Gasteiger partial charge in [0.25, 0.3) is 0 Å². The molecular formula is C26H40O4. The van der Waals surface area contributed by atoms with Gasteiger partial charge in [-0.2, -0.15) is 0 Å². The highest BCUT2D eigenvalue weighted by Crippen LogP contribution is 2.68. The van der Waals surface area contributed by atoms with Crippen LogP contribution in [-0.2, 0) is 19.1 Å². The Balaban J connectivity index is 1.59. The minimum Gasteiger partial charge on any atom is -0.463 e. The van der Waals surface area contributed by atoms with Crippen molar-refractivity contribution in [2.24, 2.45) is 28.1 Å². The molecule has 2 fully saturated rings. The van der Waals surface area contributed by atoms with E-state index < -0.39 is 0 Å². The summed E-state index contributed by atoms with van der Waals surface area (Å²) < 4.78 is 11.3. The fourth-order valence-electron chi connectivity index (χ4n) is 8.06. The largest absolute Gasteiger partial charge is 0.463 e. The van der Waals surface area contributed by atoms with E-state index in [1.54, 1.807) is 11.1 Å². The fourth-order valence-corrected chi connectivity index (χ4v) is 8.06. The Bertz CT molecular complexity index is 769. The second kappa shape index (κ2) is 7.38. The van der Waals surface area contributed by atoms with Crippen molar-refractivity contribution in [3.63, 3.8) is 0 Å². The summed E-state index contributed by atoms with van der Waals surface area (Å²) in [6.07, 6.45) is 10.4. The van der Waals surface area contributed by atoms with Crippen LogP contribution in [0.1, 0.15) is 99.3 Å². The summed E-state index contributed by atoms with van der Waals surface area (Å²) in [5.41, 5.74) is 3.88. The number of ether oxygens (including phenoxy) is 2. The number of rotatable bonds is 3. The van der Waals surface area contributed by atoms with Gasteiger partial charge in [0.05, 0.1) is 0 Å². The predicted molar refractivity (Wildman–Crippen MR) is 117 cm³/mol. The van der Waals surface area contributed by atoms with Crippen LogP contribution in [0.5, 0.6) is 0 Å². The molecule has 0 unspecified atom stereocenters. The van der Waals surface area contributed by atoms with Crippen LogP contribution in [0, 0.1) is 28.1 Å². The van der Waals surface area contributed by atoms with Crippen molar-refractivity contribution >= 4 is 11.9 Å². The molecular weight excluding hydrogens is 376 g/mol. The van der Waals surface area contributed by atoms with Gasteiger partial charge in [0, 0.05) is 19.3 Å². The third-order valence-electron chi connectivity index (χ3n) is 10.1. The van der Waals surface area contributed by atoms with Crippen LogP contribution < -0.4 is 0 Å². The number of carbonyl (C=O) groups is 2. The minimum atomic E-state index is -0.169. The summed E-state index contributed by atoms with van der Waals surface area (Å²) >= 11 is 0. The second-order valence-electron chi connectivity index (χ2n) is 11.4. The van der Waals surface area contributed by atoms with Crippen molar-refractivity contribution in [2.75, 3.05) is 0 Å². The van der Waals surface area contributed by atoms with Crippen molar-refractivity contribution in [3.8, 4) is 0 Å². The van der Waals surface area contributed by atoms with Crippen LogP contribution in [0.2, 0.25) is 0 Å². The average Bonchev–Trinajstić information content (AvgIpc) is 3.00. The van der Waals surface area contributed by atoms with Gasteiger partial charge in [0.1, 0.15) is 12.2 Å². The molecule has 2 saturated carbocycles. The number of esters is 2. The van der Waals surface area contributed by atoms with Gasteiger partial charge >= 0.3 is 11.9 Å². The number of hydrogen-bond acceptors (Lipinski definition) is 4. The van der Waals surface area contributed by atoms with Crippen LogP contribution in [0.15, 0.2) is 11.1 Å². The van der Waals surface area contributed by atoms with E-state index in [4.69, 9.17) is 9.47 Å². The van der Waals surface area contributed by atoms with E-state index in [-0.39, 0.29) is 35.0 Å². The predicted octanol–water partition coefficient (Wildman–Crippen LogP) is 5.98. The van der Waals surface area contributed by atoms with Gasteiger partial charge in [-0.3, -0.25) is 9.59 Å². The molecule has 4 rings (SSSR count). The standard InChI is InChI=1S/C26H40O4/c1-16(29-17(2)27)25(5)13-11-20-21-10-12-24(4)15-19(30-18(3)28)9-14-26(24,6)23(21)8-7-22(20)25/h16,19,21,23H,7-15H2,1-6H3/t16-,19+,21+,23+,24-,25-,26+/m0/s1. The Morgan fingerprint density at radius 2 is 1.70 bits per heavy atom. The first-order valence-electron chi connectivity index (χ1n) is 12.1. The Morgan fingerprint density at radius 3 is 2.37 bits per heavy atom. The van der Waals surface area contributed by atoms with Crippen LogP contribution >= 0.6 is 0 Å². The van der Waals surface area contributed by atoms with Gasteiger partial charge < -0.3 is 9.47 Å². The Hall–Kier alpha value is -1.32. The molecule has 0 saturated heterocycles. The molecule has 7 atom stereocenters. The quantitative estimate of drug-likeness (QED) is 0.419. The summed E-state index contributed by atoms with van der Waals surface area (Å²) in [5.74, 6) is 1.10. The fraction of sp³-hybridized carbons (Fsp3) is 0.846. The van der Waals surface area contributed by atoms with Crippen molar-refractivity contribution in [1.29, 1.82) is 0 Å². The lowest BCUT2D eigenvalue weighted by Crippen LogP contribution is -2.55. The molecule has 0 N–H and O–H groups in total. The van der Waals surface area contributed by atoms with E-state index in [1.807, 2.05) is 0 Å². The van der Waals surface area contributed by atoms with Crippen molar-refractivity contribution in [2.45, 2.75) is 112 Å². The Labute approximate surface area is 182 Å². The zero-order valence-corrected chi connectivity index (χ0v) is 19.8. The van der Waals surface area contributed by atoms with E-state index in [2.05, 4.69) is 27.7 Å². The maximum Gasteiger partial charge on any atom is 0.302 e. The molecule has 4 heteroatoms. The van der Waals surface area contributed by atoms with Crippen molar-refractivity contribution < 1.29 is 19.1 Å². The third-order valence-corrected chi connectivity index (χ3v) is 10.1. The number of carbonyl (C=O) groups excluding carboxylic acids is 2. The molecule has 0 aliphatic heterocycles. The molecule has 0 aromatic carbocycles. The van der Waals surface area contributed by atoms with Crippen LogP contribution in [-0.4, -0.2) is 24.1 Å². The van der Waals surface area contributed by atoms with Crippen LogP contribution in [0.25, 0.3) is 0 Å². The first-order chi connectivity index (χ1) is 14.0. The van der Waals surface area contributed by atoms with E-state index in [9.17, 15) is 9.59 Å². The highest BCUT2D eigenvalue weighted by atomic mass is 16.5. The lowest BCUT2D eigenvalue weighted by molar-refractivity contribution is -0.166. The van der Waals surface area contributed by atoms with Crippen LogP contribution in [0.4, 0.5) is 0 Å². The monoisotopic (exact) mass is 416 g/mol. The third kappa shape index (κ3) is 3.24. The van der Waals surface area contributed by atoms with E-state index >= 15 is 0 Å². The lowest BCUT2D eigenvalue weighted by atomic mass is 9.43. The molecule has 0 aromatic rings. The summed E-state index contributed by atoms with van der Waals surface area (Å²) in [5, 5.41) is 0. The van der Waals surface area contributed by atoms with Gasteiger partial charge in [0.15, 0.2) is 0 Å². The minimum absolute atomic E-state index is 0.000611. The molecule has 4 aliphatic rings. The van der Waals surface area contributed by atoms with Gasteiger partial charge in [-0.15, -0.1) is 0 Å². The molecule has 30 heavy (non-hydrogen) atoms. The average molecular weight is 417 g/mol. The van der Waals surface area contributed by atoms with Crippen molar-refractivity contribution in [3.05, 3.63) is 11.1 Å². The highest BCUT2D eigenvalue weighted by molar-refractivity contribution is 5.66. The number of allylic oxidation sites excluding steroid dienone is 1. The first-order valence-corrected chi connectivity index (χ1v) is 12.1.